The lowest BCUT2D eigenvalue weighted by atomic mass is 10.1. The number of amides is 2. The normalized spacial score (nSPS) is 17.4. The van der Waals surface area contributed by atoms with Crippen molar-refractivity contribution in [3.63, 3.8) is 0 Å². The van der Waals surface area contributed by atoms with Gasteiger partial charge in [-0.15, -0.1) is 0 Å². The molecule has 2 aromatic rings. The molecule has 0 radical (unpaired) electrons. The van der Waals surface area contributed by atoms with Crippen LogP contribution in [0.2, 0.25) is 10.0 Å². The lowest BCUT2D eigenvalue weighted by molar-refractivity contribution is -0.122. The Morgan fingerprint density at radius 1 is 1.09 bits per heavy atom. The predicted octanol–water partition coefficient (Wildman–Crippen LogP) is 3.99. The Hall–Kier alpha value is -2.04. The molecule has 1 aliphatic heterocycles. The summed E-state index contributed by atoms with van der Waals surface area (Å²) in [5.74, 6) is -0.716. The number of rotatable bonds is 3. The van der Waals surface area contributed by atoms with Crippen LogP contribution in [0, 0.1) is 5.92 Å². The summed E-state index contributed by atoms with van der Waals surface area (Å²) in [6.45, 7) is 0.354. The van der Waals surface area contributed by atoms with Crippen molar-refractivity contribution in [1.29, 1.82) is 0 Å². The summed E-state index contributed by atoms with van der Waals surface area (Å²) in [7, 11) is 0. The molecule has 0 saturated carbocycles. The van der Waals surface area contributed by atoms with Gasteiger partial charge in [0.05, 0.1) is 21.7 Å². The average Bonchev–Trinajstić information content (AvgIpc) is 2.95. The van der Waals surface area contributed by atoms with E-state index >= 15 is 0 Å². The molecule has 0 bridgehead atoms. The maximum Gasteiger partial charge on any atom is 0.229 e. The Morgan fingerprint density at radius 3 is 2.57 bits per heavy atom. The number of halogens is 2. The molecule has 2 amide bonds. The molecular weight excluding hydrogens is 335 g/mol. The number of carbonyl (C=O) groups is 2. The van der Waals surface area contributed by atoms with E-state index in [4.69, 9.17) is 23.2 Å². The van der Waals surface area contributed by atoms with Crippen LogP contribution in [-0.2, 0) is 9.59 Å². The van der Waals surface area contributed by atoms with E-state index in [1.165, 1.54) is 0 Å². The summed E-state index contributed by atoms with van der Waals surface area (Å²) in [4.78, 5) is 26.2. The molecule has 0 spiro atoms. The third kappa shape index (κ3) is 3.33. The fourth-order valence-corrected chi connectivity index (χ4v) is 2.92. The van der Waals surface area contributed by atoms with E-state index in [0.717, 1.165) is 5.69 Å². The van der Waals surface area contributed by atoms with Crippen LogP contribution in [-0.4, -0.2) is 18.4 Å². The Morgan fingerprint density at radius 2 is 1.83 bits per heavy atom. The van der Waals surface area contributed by atoms with Crippen LogP contribution in [0.25, 0.3) is 0 Å². The number of benzene rings is 2. The molecule has 1 aliphatic rings. The monoisotopic (exact) mass is 348 g/mol. The van der Waals surface area contributed by atoms with Crippen molar-refractivity contribution < 1.29 is 9.59 Å². The van der Waals surface area contributed by atoms with E-state index in [-0.39, 0.29) is 18.2 Å². The second-order valence-corrected chi connectivity index (χ2v) is 6.12. The van der Waals surface area contributed by atoms with Crippen molar-refractivity contribution in [2.24, 2.45) is 5.92 Å². The summed E-state index contributed by atoms with van der Waals surface area (Å²) in [5.41, 5.74) is 1.25. The van der Waals surface area contributed by atoms with Gasteiger partial charge in [0.2, 0.25) is 11.8 Å². The second-order valence-electron chi connectivity index (χ2n) is 5.33. The Balaban J connectivity index is 1.72. The number of nitrogens with zero attached hydrogens (tertiary/aromatic N) is 1. The standard InChI is InChI=1S/C17H14Cl2N2O2/c18-13-7-4-8-14(16(13)19)20-17(23)11-9-15(22)21(10-11)12-5-2-1-3-6-12/h1-8,11H,9-10H2,(H,20,23). The van der Waals surface area contributed by atoms with Crippen LogP contribution < -0.4 is 10.2 Å². The van der Waals surface area contributed by atoms with Gasteiger partial charge in [-0.3, -0.25) is 9.59 Å². The van der Waals surface area contributed by atoms with E-state index in [0.29, 0.717) is 22.3 Å². The number of hydrogen-bond donors (Lipinski definition) is 1. The number of hydrogen-bond acceptors (Lipinski definition) is 2. The minimum atomic E-state index is -0.419. The molecule has 4 nitrogen and oxygen atoms in total. The molecule has 1 saturated heterocycles. The molecule has 1 heterocycles. The van der Waals surface area contributed by atoms with Gasteiger partial charge in [0.25, 0.3) is 0 Å². The van der Waals surface area contributed by atoms with Gasteiger partial charge in [-0.1, -0.05) is 47.5 Å². The zero-order chi connectivity index (χ0) is 16.4. The van der Waals surface area contributed by atoms with Crippen molar-refractivity contribution in [1.82, 2.24) is 0 Å². The molecule has 118 valence electrons. The zero-order valence-electron chi connectivity index (χ0n) is 12.1. The van der Waals surface area contributed by atoms with E-state index < -0.39 is 5.92 Å². The SMILES string of the molecule is O=C(Nc1cccc(Cl)c1Cl)C1CC(=O)N(c2ccccc2)C1. The summed E-state index contributed by atoms with van der Waals surface area (Å²) in [5, 5.41) is 3.42. The van der Waals surface area contributed by atoms with Crippen LogP contribution in [0.4, 0.5) is 11.4 Å². The van der Waals surface area contributed by atoms with Crippen LogP contribution in [0.15, 0.2) is 48.5 Å². The van der Waals surface area contributed by atoms with Crippen molar-refractivity contribution in [3.8, 4) is 0 Å². The fraction of sp³-hybridized carbons (Fsp3) is 0.176. The van der Waals surface area contributed by atoms with Crippen LogP contribution in [0.1, 0.15) is 6.42 Å². The van der Waals surface area contributed by atoms with Crippen LogP contribution in [0.5, 0.6) is 0 Å². The quantitative estimate of drug-likeness (QED) is 0.911. The third-order valence-corrected chi connectivity index (χ3v) is 4.59. The largest absolute Gasteiger partial charge is 0.324 e. The zero-order valence-corrected chi connectivity index (χ0v) is 13.6. The van der Waals surface area contributed by atoms with Crippen molar-refractivity contribution in [3.05, 3.63) is 58.6 Å². The molecule has 6 heteroatoms. The second kappa shape index (κ2) is 6.60. The van der Waals surface area contributed by atoms with E-state index in [9.17, 15) is 9.59 Å². The Kier molecular flexibility index (Phi) is 4.55. The highest BCUT2D eigenvalue weighted by Crippen LogP contribution is 2.31. The number of para-hydroxylation sites is 1. The molecule has 2 aromatic carbocycles. The first-order chi connectivity index (χ1) is 11.1. The first kappa shape index (κ1) is 15.8. The lowest BCUT2D eigenvalue weighted by Crippen LogP contribution is -2.28. The van der Waals surface area contributed by atoms with Gasteiger partial charge < -0.3 is 10.2 Å². The van der Waals surface area contributed by atoms with Gasteiger partial charge >= 0.3 is 0 Å². The molecule has 0 aromatic heterocycles. The highest BCUT2D eigenvalue weighted by molar-refractivity contribution is 6.44. The van der Waals surface area contributed by atoms with E-state index in [2.05, 4.69) is 5.32 Å². The van der Waals surface area contributed by atoms with E-state index in [1.54, 1.807) is 23.1 Å². The van der Waals surface area contributed by atoms with Gasteiger partial charge in [-0.2, -0.15) is 0 Å². The molecular formula is C17H14Cl2N2O2. The third-order valence-electron chi connectivity index (χ3n) is 3.77. The van der Waals surface area contributed by atoms with Gasteiger partial charge in [0, 0.05) is 18.7 Å². The predicted molar refractivity (Wildman–Crippen MR) is 92.0 cm³/mol. The molecule has 0 aliphatic carbocycles. The fourth-order valence-electron chi connectivity index (χ4n) is 2.58. The number of anilines is 2. The van der Waals surface area contributed by atoms with Gasteiger partial charge in [-0.05, 0) is 24.3 Å². The van der Waals surface area contributed by atoms with E-state index in [1.807, 2.05) is 30.3 Å². The highest BCUT2D eigenvalue weighted by atomic mass is 35.5. The maximum absolute atomic E-state index is 12.4. The number of nitrogens with one attached hydrogen (secondary N) is 1. The minimum Gasteiger partial charge on any atom is -0.324 e. The average molecular weight is 349 g/mol. The Bertz CT molecular complexity index is 750. The van der Waals surface area contributed by atoms with Gasteiger partial charge in [0.15, 0.2) is 0 Å². The first-order valence-corrected chi connectivity index (χ1v) is 7.92. The molecule has 1 unspecified atom stereocenters. The van der Waals surface area contributed by atoms with Crippen LogP contribution in [0.3, 0.4) is 0 Å². The first-order valence-electron chi connectivity index (χ1n) is 7.16. The minimum absolute atomic E-state index is 0.0615. The summed E-state index contributed by atoms with van der Waals surface area (Å²) in [6.07, 6.45) is 0.179. The molecule has 3 rings (SSSR count). The maximum atomic E-state index is 12.4. The summed E-state index contributed by atoms with van der Waals surface area (Å²) >= 11 is 12.0. The highest BCUT2D eigenvalue weighted by Gasteiger charge is 2.35. The molecule has 1 atom stereocenters. The van der Waals surface area contributed by atoms with Gasteiger partial charge in [-0.25, -0.2) is 0 Å². The smallest absolute Gasteiger partial charge is 0.229 e. The summed E-state index contributed by atoms with van der Waals surface area (Å²) < 4.78 is 0. The summed E-state index contributed by atoms with van der Waals surface area (Å²) in [6, 6.07) is 14.4. The van der Waals surface area contributed by atoms with Crippen molar-refractivity contribution in [2.75, 3.05) is 16.8 Å². The van der Waals surface area contributed by atoms with Gasteiger partial charge in [0.1, 0.15) is 0 Å². The van der Waals surface area contributed by atoms with Crippen LogP contribution >= 0.6 is 23.2 Å². The molecule has 1 N–H and O–H groups in total. The topological polar surface area (TPSA) is 49.4 Å². The molecule has 1 fully saturated rings. The Labute approximate surface area is 144 Å². The number of carbonyl (C=O) groups excluding carboxylic acids is 2. The van der Waals surface area contributed by atoms with Crippen molar-refractivity contribution in [2.45, 2.75) is 6.42 Å². The molecule has 23 heavy (non-hydrogen) atoms. The lowest BCUT2D eigenvalue weighted by Gasteiger charge is -2.16. The van der Waals surface area contributed by atoms with Crippen molar-refractivity contribution >= 4 is 46.4 Å².